The molecule has 2 aromatic rings. The zero-order valence-corrected chi connectivity index (χ0v) is 17.4. The first kappa shape index (κ1) is 21.0. The summed E-state index contributed by atoms with van der Waals surface area (Å²) in [4.78, 5) is 15.8. The third-order valence-corrected chi connectivity index (χ3v) is 5.31. The van der Waals surface area contributed by atoms with Crippen LogP contribution in [0, 0.1) is 0 Å². The fraction of sp³-hybridized carbons (Fsp3) is 0.435. The Hall–Kier alpha value is -2.73. The molecule has 2 aromatic carbocycles. The van der Waals surface area contributed by atoms with Gasteiger partial charge in [0, 0.05) is 44.1 Å². The predicted molar refractivity (Wildman–Crippen MR) is 119 cm³/mol. The smallest absolute Gasteiger partial charge is 0.316 e. The van der Waals surface area contributed by atoms with Crippen molar-refractivity contribution < 1.29 is 9.53 Å². The van der Waals surface area contributed by atoms with E-state index in [4.69, 9.17) is 10.5 Å². The van der Waals surface area contributed by atoms with E-state index in [1.807, 2.05) is 12.1 Å². The summed E-state index contributed by atoms with van der Waals surface area (Å²) in [5, 5.41) is 2.54. The molecule has 3 rings (SSSR count). The Balaban J connectivity index is 1.34. The Kier molecular flexibility index (Phi) is 7.36. The molecule has 0 aromatic heterocycles. The van der Waals surface area contributed by atoms with Crippen LogP contribution in [-0.2, 0) is 0 Å². The quantitative estimate of drug-likeness (QED) is 0.664. The van der Waals surface area contributed by atoms with Crippen molar-refractivity contribution in [3.63, 3.8) is 0 Å². The van der Waals surface area contributed by atoms with Gasteiger partial charge in [0.25, 0.3) is 0 Å². The highest BCUT2D eigenvalue weighted by atomic mass is 16.5. The molecule has 1 heterocycles. The van der Waals surface area contributed by atoms with Gasteiger partial charge < -0.3 is 20.7 Å². The maximum Gasteiger partial charge on any atom is 0.316 e. The summed E-state index contributed by atoms with van der Waals surface area (Å²) in [5.74, 6) is 1.38. The molecule has 29 heavy (non-hydrogen) atoms. The van der Waals surface area contributed by atoms with E-state index in [1.165, 1.54) is 11.3 Å². The number of hydrogen-bond acceptors (Lipinski definition) is 4. The number of benzene rings is 2. The average Bonchev–Trinajstić information content (AvgIpc) is 2.72. The van der Waals surface area contributed by atoms with Gasteiger partial charge >= 0.3 is 6.03 Å². The number of nitrogens with one attached hydrogen (secondary N) is 1. The second-order valence-electron chi connectivity index (χ2n) is 7.79. The van der Waals surface area contributed by atoms with Gasteiger partial charge in [-0.1, -0.05) is 26.0 Å². The van der Waals surface area contributed by atoms with E-state index in [2.05, 4.69) is 53.2 Å². The number of hydrogen-bond donors (Lipinski definition) is 2. The van der Waals surface area contributed by atoms with Gasteiger partial charge in [-0.25, -0.2) is 4.79 Å². The number of amides is 2. The van der Waals surface area contributed by atoms with Crippen LogP contribution in [0.2, 0.25) is 0 Å². The van der Waals surface area contributed by atoms with E-state index < -0.39 is 6.03 Å². The van der Waals surface area contributed by atoms with Gasteiger partial charge in [0.1, 0.15) is 5.75 Å². The average molecular weight is 397 g/mol. The molecule has 6 heteroatoms. The number of urea groups is 1. The number of anilines is 2. The first-order valence-electron chi connectivity index (χ1n) is 10.4. The van der Waals surface area contributed by atoms with Crippen LogP contribution in [-0.4, -0.2) is 50.3 Å². The summed E-state index contributed by atoms with van der Waals surface area (Å²) in [6.07, 6.45) is 0.990. The molecule has 1 fully saturated rings. The molecule has 3 N–H and O–H groups in total. The van der Waals surface area contributed by atoms with Crippen molar-refractivity contribution in [1.29, 1.82) is 0 Å². The number of rotatable bonds is 8. The maximum absolute atomic E-state index is 10.8. The summed E-state index contributed by atoms with van der Waals surface area (Å²) in [6, 6.07) is 15.7. The van der Waals surface area contributed by atoms with Crippen molar-refractivity contribution in [1.82, 2.24) is 4.90 Å². The van der Waals surface area contributed by atoms with Gasteiger partial charge in [0.15, 0.2) is 0 Å². The van der Waals surface area contributed by atoms with Crippen molar-refractivity contribution >= 4 is 17.4 Å². The van der Waals surface area contributed by atoms with Gasteiger partial charge in [-0.3, -0.25) is 4.90 Å². The number of carbonyl (C=O) groups is 1. The highest BCUT2D eigenvalue weighted by molar-refractivity contribution is 5.87. The molecule has 1 aliphatic rings. The van der Waals surface area contributed by atoms with Gasteiger partial charge in [-0.15, -0.1) is 0 Å². The molecule has 6 nitrogen and oxygen atoms in total. The number of piperazine rings is 1. The molecule has 0 unspecified atom stereocenters. The molecule has 0 saturated carbocycles. The fourth-order valence-corrected chi connectivity index (χ4v) is 3.55. The van der Waals surface area contributed by atoms with Gasteiger partial charge in [0.05, 0.1) is 6.61 Å². The Morgan fingerprint density at radius 2 is 1.69 bits per heavy atom. The topological polar surface area (TPSA) is 70.8 Å². The number of primary amides is 1. The van der Waals surface area contributed by atoms with Gasteiger partial charge in [0.2, 0.25) is 0 Å². The first-order chi connectivity index (χ1) is 14.0. The summed E-state index contributed by atoms with van der Waals surface area (Å²) in [7, 11) is 0. The van der Waals surface area contributed by atoms with Crippen LogP contribution in [0.3, 0.4) is 0 Å². The Bertz CT molecular complexity index is 766. The van der Waals surface area contributed by atoms with Crippen LogP contribution in [0.5, 0.6) is 5.75 Å². The third kappa shape index (κ3) is 6.39. The predicted octanol–water partition coefficient (Wildman–Crippen LogP) is 3.89. The molecule has 2 amide bonds. The number of carbonyl (C=O) groups excluding carboxylic acids is 1. The third-order valence-electron chi connectivity index (χ3n) is 5.31. The normalized spacial score (nSPS) is 14.8. The highest BCUT2D eigenvalue weighted by Crippen LogP contribution is 2.21. The summed E-state index contributed by atoms with van der Waals surface area (Å²) >= 11 is 0. The zero-order chi connectivity index (χ0) is 20.6. The number of nitrogens with zero attached hydrogens (tertiary/aromatic N) is 2. The van der Waals surface area contributed by atoms with E-state index in [-0.39, 0.29) is 0 Å². The van der Waals surface area contributed by atoms with Crippen molar-refractivity contribution in [2.75, 3.05) is 49.5 Å². The summed E-state index contributed by atoms with van der Waals surface area (Å²) in [5.41, 5.74) is 8.49. The molecule has 0 spiro atoms. The molecule has 0 aliphatic carbocycles. The lowest BCUT2D eigenvalue weighted by Crippen LogP contribution is -2.46. The highest BCUT2D eigenvalue weighted by Gasteiger charge is 2.17. The van der Waals surface area contributed by atoms with E-state index in [9.17, 15) is 4.79 Å². The second-order valence-corrected chi connectivity index (χ2v) is 7.79. The second kappa shape index (κ2) is 10.2. The first-order valence-corrected chi connectivity index (χ1v) is 10.4. The largest absolute Gasteiger partial charge is 0.494 e. The number of nitrogens with two attached hydrogens (primary N) is 1. The lowest BCUT2D eigenvalue weighted by Gasteiger charge is -2.36. The molecule has 0 bridgehead atoms. The van der Waals surface area contributed by atoms with Crippen LogP contribution in [0.4, 0.5) is 16.2 Å². The Morgan fingerprint density at radius 3 is 2.28 bits per heavy atom. The van der Waals surface area contributed by atoms with E-state index in [0.717, 1.165) is 44.9 Å². The molecule has 156 valence electrons. The van der Waals surface area contributed by atoms with Crippen molar-refractivity contribution in [3.05, 3.63) is 54.1 Å². The molecule has 1 aliphatic heterocycles. The molecular weight excluding hydrogens is 364 g/mol. The Labute approximate surface area is 173 Å². The molecule has 1 saturated heterocycles. The standard InChI is InChI=1S/C23H32N4O2/c1-18(2)19-4-8-21(9-5-19)27-15-13-26(14-16-27)12-3-17-29-22-10-6-20(7-11-22)25-23(24)28/h4-11,18H,3,12-17H2,1-2H3,(H3,24,25,28). The van der Waals surface area contributed by atoms with Crippen LogP contribution in [0.1, 0.15) is 31.7 Å². The minimum absolute atomic E-state index is 0.564. The van der Waals surface area contributed by atoms with Crippen molar-refractivity contribution in [2.45, 2.75) is 26.2 Å². The van der Waals surface area contributed by atoms with E-state index in [0.29, 0.717) is 18.2 Å². The lowest BCUT2D eigenvalue weighted by atomic mass is 10.0. The molecule has 0 radical (unpaired) electrons. The van der Waals surface area contributed by atoms with Crippen LogP contribution in [0.15, 0.2) is 48.5 Å². The minimum atomic E-state index is -0.564. The van der Waals surface area contributed by atoms with Crippen molar-refractivity contribution in [3.8, 4) is 5.75 Å². The summed E-state index contributed by atoms with van der Waals surface area (Å²) < 4.78 is 5.80. The van der Waals surface area contributed by atoms with Crippen molar-refractivity contribution in [2.24, 2.45) is 5.73 Å². The zero-order valence-electron chi connectivity index (χ0n) is 17.4. The lowest BCUT2D eigenvalue weighted by molar-refractivity contribution is 0.225. The summed E-state index contributed by atoms with van der Waals surface area (Å²) in [6.45, 7) is 10.5. The van der Waals surface area contributed by atoms with E-state index in [1.54, 1.807) is 12.1 Å². The fourth-order valence-electron chi connectivity index (χ4n) is 3.55. The number of ether oxygens (including phenoxy) is 1. The van der Waals surface area contributed by atoms with Crippen LogP contribution < -0.4 is 20.7 Å². The SMILES string of the molecule is CC(C)c1ccc(N2CCN(CCCOc3ccc(NC(N)=O)cc3)CC2)cc1. The van der Waals surface area contributed by atoms with Crippen LogP contribution in [0.25, 0.3) is 0 Å². The molecular formula is C23H32N4O2. The monoisotopic (exact) mass is 396 g/mol. The Morgan fingerprint density at radius 1 is 1.03 bits per heavy atom. The molecule has 0 atom stereocenters. The van der Waals surface area contributed by atoms with E-state index >= 15 is 0 Å². The van der Waals surface area contributed by atoms with Gasteiger partial charge in [-0.05, 0) is 54.3 Å². The van der Waals surface area contributed by atoms with Gasteiger partial charge in [-0.2, -0.15) is 0 Å². The van der Waals surface area contributed by atoms with Crippen LogP contribution >= 0.6 is 0 Å². The minimum Gasteiger partial charge on any atom is -0.494 e. The maximum atomic E-state index is 10.8.